The van der Waals surface area contributed by atoms with Crippen molar-refractivity contribution in [2.75, 3.05) is 0 Å². The van der Waals surface area contributed by atoms with Gasteiger partial charge in [0.1, 0.15) is 11.6 Å². The van der Waals surface area contributed by atoms with Gasteiger partial charge < -0.3 is 19.4 Å². The number of esters is 2. The molecule has 8 heteroatoms. The fourth-order valence-corrected chi connectivity index (χ4v) is 6.22. The summed E-state index contributed by atoms with van der Waals surface area (Å²) in [6.45, 7) is 4.67. The largest absolute Gasteiger partial charge is 0.544 e. The zero-order valence-corrected chi connectivity index (χ0v) is 19.0. The Hall–Kier alpha value is -2.51. The highest BCUT2D eigenvalue weighted by Crippen LogP contribution is 2.59. The van der Waals surface area contributed by atoms with Crippen molar-refractivity contribution in [3.63, 3.8) is 0 Å². The van der Waals surface area contributed by atoms with Crippen LogP contribution < -0.4 is 5.11 Å². The van der Waals surface area contributed by atoms with Gasteiger partial charge in [-0.3, -0.25) is 0 Å². The maximum atomic E-state index is 13.9. The first-order chi connectivity index (χ1) is 15.4. The van der Waals surface area contributed by atoms with Crippen LogP contribution in [0.3, 0.4) is 0 Å². The molecule has 1 atom stereocenters. The van der Waals surface area contributed by atoms with Crippen LogP contribution in [-0.4, -0.2) is 35.5 Å². The fraction of sp³-hybridized carbons (Fsp3) is 0.640. The van der Waals surface area contributed by atoms with Gasteiger partial charge >= 0.3 is 17.9 Å². The van der Waals surface area contributed by atoms with E-state index in [1.807, 2.05) is 6.92 Å². The highest BCUT2D eigenvalue weighted by atomic mass is 19.3. The summed E-state index contributed by atoms with van der Waals surface area (Å²) in [7, 11) is 0. The zero-order valence-electron chi connectivity index (χ0n) is 19.0. The topological polar surface area (TPSA) is 92.7 Å². The minimum Gasteiger partial charge on any atom is -0.544 e. The summed E-state index contributed by atoms with van der Waals surface area (Å²) in [6, 6.07) is 5.35. The first kappa shape index (κ1) is 23.6. The number of carboxylic acid groups (broad SMARTS) is 1. The van der Waals surface area contributed by atoms with E-state index in [0.29, 0.717) is 11.8 Å². The molecular weight excluding hydrogens is 434 g/mol. The minimum absolute atomic E-state index is 0.0767. The van der Waals surface area contributed by atoms with E-state index in [-0.39, 0.29) is 11.1 Å². The molecular formula is C25H29F2O6-. The zero-order chi connectivity index (χ0) is 24.1. The fourth-order valence-electron chi connectivity index (χ4n) is 6.22. The van der Waals surface area contributed by atoms with E-state index in [2.05, 4.69) is 0 Å². The number of rotatable bonds is 7. The summed E-state index contributed by atoms with van der Waals surface area (Å²) in [5, 5.41) is 10.8. The Morgan fingerprint density at radius 3 is 1.82 bits per heavy atom. The molecule has 0 amide bonds. The molecule has 1 unspecified atom stereocenters. The van der Waals surface area contributed by atoms with Crippen molar-refractivity contribution in [3.8, 4) is 0 Å². The number of carbonyl (C=O) groups excluding carboxylic acids is 3. The number of carbonyl (C=O) groups is 3. The van der Waals surface area contributed by atoms with Crippen LogP contribution in [0.4, 0.5) is 8.78 Å². The molecule has 0 saturated heterocycles. The Morgan fingerprint density at radius 2 is 1.39 bits per heavy atom. The molecule has 4 aliphatic carbocycles. The average Bonchev–Trinajstić information content (AvgIpc) is 2.75. The molecule has 0 N–H and O–H groups in total. The Balaban J connectivity index is 1.43. The van der Waals surface area contributed by atoms with Crippen molar-refractivity contribution in [3.05, 3.63) is 35.4 Å². The maximum Gasteiger partial charge on any atom is 0.338 e. The van der Waals surface area contributed by atoms with E-state index >= 15 is 0 Å². The Labute approximate surface area is 191 Å². The minimum atomic E-state index is -4.33. The van der Waals surface area contributed by atoms with Crippen LogP contribution in [0, 0.1) is 29.6 Å². The van der Waals surface area contributed by atoms with Crippen LogP contribution in [-0.2, 0) is 14.3 Å². The first-order valence-corrected chi connectivity index (χ1v) is 11.6. The van der Waals surface area contributed by atoms with Gasteiger partial charge in [0.05, 0.1) is 11.1 Å². The van der Waals surface area contributed by atoms with Gasteiger partial charge in [0, 0.05) is 0 Å². The summed E-state index contributed by atoms with van der Waals surface area (Å²) in [5.41, 5.74) is -0.322. The molecule has 33 heavy (non-hydrogen) atoms. The van der Waals surface area contributed by atoms with Gasteiger partial charge in [-0.15, -0.1) is 0 Å². The van der Waals surface area contributed by atoms with Crippen molar-refractivity contribution < 1.29 is 37.7 Å². The van der Waals surface area contributed by atoms with Crippen LogP contribution in [0.5, 0.6) is 0 Å². The van der Waals surface area contributed by atoms with Gasteiger partial charge in [-0.05, 0) is 92.9 Å². The molecule has 0 aliphatic heterocycles. The lowest BCUT2D eigenvalue weighted by Crippen LogP contribution is -2.58. The van der Waals surface area contributed by atoms with Gasteiger partial charge in [-0.2, -0.15) is 8.78 Å². The molecule has 5 rings (SSSR count). The third-order valence-electron chi connectivity index (χ3n) is 7.90. The molecule has 4 saturated carbocycles. The number of aliphatic carboxylic acids is 1. The van der Waals surface area contributed by atoms with Crippen LogP contribution >= 0.6 is 0 Å². The van der Waals surface area contributed by atoms with Crippen LogP contribution in [0.2, 0.25) is 0 Å². The lowest BCUT2D eigenvalue weighted by molar-refractivity contribution is -0.337. The lowest BCUT2D eigenvalue weighted by Gasteiger charge is -2.59. The van der Waals surface area contributed by atoms with Crippen molar-refractivity contribution in [1.29, 1.82) is 0 Å². The summed E-state index contributed by atoms with van der Waals surface area (Å²) < 4.78 is 38.6. The van der Waals surface area contributed by atoms with Gasteiger partial charge in [0.2, 0.25) is 0 Å². The normalized spacial score (nSPS) is 31.3. The first-order valence-electron chi connectivity index (χ1n) is 11.6. The molecule has 0 spiro atoms. The Kier molecular flexibility index (Phi) is 5.99. The van der Waals surface area contributed by atoms with Crippen LogP contribution in [0.25, 0.3) is 0 Å². The molecule has 0 radical (unpaired) electrons. The maximum absolute atomic E-state index is 13.9. The summed E-state index contributed by atoms with van der Waals surface area (Å²) in [6.07, 6.45) is 3.48. The predicted molar refractivity (Wildman–Crippen MR) is 111 cm³/mol. The van der Waals surface area contributed by atoms with Crippen molar-refractivity contribution in [2.24, 2.45) is 29.6 Å². The average molecular weight is 463 g/mol. The predicted octanol–water partition coefficient (Wildman–Crippen LogP) is 3.62. The number of carboxylic acids is 1. The molecule has 4 aliphatic rings. The third-order valence-corrected chi connectivity index (χ3v) is 7.90. The Morgan fingerprint density at radius 1 is 0.939 bits per heavy atom. The monoisotopic (exact) mass is 463 g/mol. The van der Waals surface area contributed by atoms with Gasteiger partial charge in [-0.25, -0.2) is 9.59 Å². The van der Waals surface area contributed by atoms with E-state index in [1.165, 1.54) is 44.5 Å². The summed E-state index contributed by atoms with van der Waals surface area (Å²) in [5.74, 6) is -7.27. The quantitative estimate of drug-likeness (QED) is 0.574. The van der Waals surface area contributed by atoms with Crippen molar-refractivity contribution in [1.82, 2.24) is 0 Å². The van der Waals surface area contributed by atoms with Crippen LogP contribution in [0.1, 0.15) is 73.6 Å². The standard InChI is InChI=1S/C25H30F2O6/c1-13(2)20(25(26,27)23(30)31)32-21(28)16-4-6-17(7-5-16)22(29)33-24(3)18-9-14-8-15(11-18)12-19(24)10-14/h4-7,13-15,18-20H,8-12H2,1-3H3,(H,30,31)/p-1. The number of ether oxygens (including phenoxy) is 2. The van der Waals surface area contributed by atoms with Crippen molar-refractivity contribution in [2.45, 2.75) is 70.5 Å². The number of hydrogen-bond acceptors (Lipinski definition) is 6. The summed E-state index contributed by atoms with van der Waals surface area (Å²) in [4.78, 5) is 36.0. The van der Waals surface area contributed by atoms with E-state index < -0.39 is 41.5 Å². The second kappa shape index (κ2) is 8.37. The third kappa shape index (κ3) is 4.24. The molecule has 0 heterocycles. The molecule has 1 aromatic carbocycles. The highest BCUT2D eigenvalue weighted by molar-refractivity contribution is 5.93. The second-order valence-electron chi connectivity index (χ2n) is 10.4. The number of alkyl halides is 2. The van der Waals surface area contributed by atoms with Gasteiger partial charge in [0.15, 0.2) is 6.10 Å². The van der Waals surface area contributed by atoms with E-state index in [1.54, 1.807) is 0 Å². The highest BCUT2D eigenvalue weighted by Gasteiger charge is 2.57. The SMILES string of the molecule is CC(C)C(OC(=O)c1ccc(C(=O)OC2(C)C3CC4CC(C3)CC2C4)cc1)C(F)(F)C(=O)[O-]. The van der Waals surface area contributed by atoms with E-state index in [9.17, 15) is 28.3 Å². The summed E-state index contributed by atoms with van der Waals surface area (Å²) >= 11 is 0. The number of hydrogen-bond donors (Lipinski definition) is 0. The van der Waals surface area contributed by atoms with E-state index in [4.69, 9.17) is 9.47 Å². The van der Waals surface area contributed by atoms with E-state index in [0.717, 1.165) is 37.5 Å². The molecule has 0 aromatic heterocycles. The molecule has 4 bridgehead atoms. The lowest BCUT2D eigenvalue weighted by atomic mass is 9.50. The number of halogens is 2. The number of benzene rings is 1. The molecule has 6 nitrogen and oxygen atoms in total. The molecule has 4 fully saturated rings. The molecule has 1 aromatic rings. The van der Waals surface area contributed by atoms with Crippen molar-refractivity contribution >= 4 is 17.9 Å². The second-order valence-corrected chi connectivity index (χ2v) is 10.4. The molecule has 180 valence electrons. The Bertz CT molecular complexity index is 911. The van der Waals surface area contributed by atoms with Crippen LogP contribution in [0.15, 0.2) is 24.3 Å². The van der Waals surface area contributed by atoms with Gasteiger partial charge in [-0.1, -0.05) is 13.8 Å². The smallest absolute Gasteiger partial charge is 0.338 e. The van der Waals surface area contributed by atoms with Gasteiger partial charge in [0.25, 0.3) is 0 Å².